The maximum absolute atomic E-state index is 12.3. The van der Waals surface area contributed by atoms with Crippen molar-refractivity contribution < 1.29 is 9.53 Å². The number of rotatable bonds is 4. The maximum atomic E-state index is 12.3. The van der Waals surface area contributed by atoms with E-state index in [2.05, 4.69) is 57.1 Å². The quantitative estimate of drug-likeness (QED) is 0.664. The van der Waals surface area contributed by atoms with Gasteiger partial charge in [-0.05, 0) is 53.6 Å². The van der Waals surface area contributed by atoms with Crippen LogP contribution in [0.5, 0.6) is 0 Å². The number of aryl methyl sites for hydroxylation is 2. The third kappa shape index (κ3) is 3.77. The number of hydrogen-bond acceptors (Lipinski definition) is 4. The Morgan fingerprint density at radius 2 is 1.77 bits per heavy atom. The van der Waals surface area contributed by atoms with Gasteiger partial charge in [0.25, 0.3) is 0 Å². The van der Waals surface area contributed by atoms with Gasteiger partial charge in [-0.1, -0.05) is 50.3 Å². The van der Waals surface area contributed by atoms with Crippen molar-refractivity contribution in [1.29, 1.82) is 0 Å². The zero-order valence-electron chi connectivity index (χ0n) is 16.0. The molecule has 1 heterocycles. The summed E-state index contributed by atoms with van der Waals surface area (Å²) < 4.78 is 7.08. The number of carbonyl (C=O) groups is 1. The van der Waals surface area contributed by atoms with Gasteiger partial charge in [-0.2, -0.15) is 0 Å². The van der Waals surface area contributed by atoms with Crippen LogP contribution in [0.15, 0.2) is 36.4 Å². The van der Waals surface area contributed by atoms with E-state index in [1.165, 1.54) is 5.56 Å². The molecule has 0 radical (unpaired) electrons. The molecule has 5 nitrogen and oxygen atoms in total. The highest BCUT2D eigenvalue weighted by Crippen LogP contribution is 2.27. The first-order chi connectivity index (χ1) is 12.3. The van der Waals surface area contributed by atoms with E-state index in [4.69, 9.17) is 4.74 Å². The molecule has 3 aromatic rings. The first-order valence-corrected chi connectivity index (χ1v) is 8.80. The average molecular weight is 351 g/mol. The molecule has 26 heavy (non-hydrogen) atoms. The largest absolute Gasteiger partial charge is 0.459 e. The topological polar surface area (TPSA) is 57.0 Å². The number of esters is 1. The van der Waals surface area contributed by atoms with Gasteiger partial charge < -0.3 is 4.74 Å². The van der Waals surface area contributed by atoms with Crippen molar-refractivity contribution in [2.75, 3.05) is 0 Å². The summed E-state index contributed by atoms with van der Waals surface area (Å²) in [5.41, 5.74) is 6.34. The summed E-state index contributed by atoms with van der Waals surface area (Å²) in [6.07, 6.45) is 0. The van der Waals surface area contributed by atoms with Gasteiger partial charge >= 0.3 is 5.97 Å². The molecule has 0 aliphatic heterocycles. The van der Waals surface area contributed by atoms with E-state index in [9.17, 15) is 4.79 Å². The van der Waals surface area contributed by atoms with E-state index in [0.29, 0.717) is 0 Å². The lowest BCUT2D eigenvalue weighted by atomic mass is 9.84. The van der Waals surface area contributed by atoms with E-state index in [-0.39, 0.29) is 24.5 Å². The summed E-state index contributed by atoms with van der Waals surface area (Å²) in [4.78, 5) is 12.3. The minimum Gasteiger partial charge on any atom is -0.459 e. The van der Waals surface area contributed by atoms with Crippen molar-refractivity contribution in [2.24, 2.45) is 0 Å². The smallest absolute Gasteiger partial charge is 0.328 e. The van der Waals surface area contributed by atoms with Crippen molar-refractivity contribution in [1.82, 2.24) is 15.0 Å². The van der Waals surface area contributed by atoms with E-state index in [0.717, 1.165) is 27.7 Å². The Balaban J connectivity index is 1.70. The number of nitrogens with zero attached hydrogens (tertiary/aromatic N) is 3. The van der Waals surface area contributed by atoms with E-state index < -0.39 is 0 Å². The highest BCUT2D eigenvalue weighted by molar-refractivity contribution is 5.77. The minimum atomic E-state index is -0.320. The molecule has 0 aliphatic carbocycles. The summed E-state index contributed by atoms with van der Waals surface area (Å²) in [6.45, 7) is 11.1. The van der Waals surface area contributed by atoms with Crippen LogP contribution in [-0.2, 0) is 28.1 Å². The molecule has 0 spiro atoms. The second-order valence-electron chi connectivity index (χ2n) is 7.74. The van der Waals surface area contributed by atoms with Crippen LogP contribution < -0.4 is 0 Å². The molecule has 5 heteroatoms. The fraction of sp³-hybridized carbons (Fsp3) is 0.381. The molecule has 1 aromatic heterocycles. The standard InChI is InChI=1S/C21H25N3O2/c1-14-10-16(21(3,4)5)11-15(2)17(14)13-26-20(25)12-24-19-9-7-6-8-18(19)22-23-24/h6-11H,12-13H2,1-5H3. The van der Waals surface area contributed by atoms with Crippen molar-refractivity contribution in [3.63, 3.8) is 0 Å². The molecule has 0 bridgehead atoms. The zero-order chi connectivity index (χ0) is 18.9. The SMILES string of the molecule is Cc1cc(C(C)(C)C)cc(C)c1COC(=O)Cn1nnc2ccccc21. The van der Waals surface area contributed by atoms with Crippen LogP contribution in [0, 0.1) is 13.8 Å². The van der Waals surface area contributed by atoms with Crippen LogP contribution in [0.3, 0.4) is 0 Å². The predicted molar refractivity (Wildman–Crippen MR) is 102 cm³/mol. The van der Waals surface area contributed by atoms with Gasteiger partial charge in [0.1, 0.15) is 18.7 Å². The number of benzene rings is 2. The molecular formula is C21H25N3O2. The van der Waals surface area contributed by atoms with E-state index in [1.54, 1.807) is 4.68 Å². The van der Waals surface area contributed by atoms with Crippen molar-refractivity contribution in [2.45, 2.75) is 53.2 Å². The summed E-state index contributed by atoms with van der Waals surface area (Å²) in [5, 5.41) is 8.09. The van der Waals surface area contributed by atoms with Crippen LogP contribution >= 0.6 is 0 Å². The molecule has 0 amide bonds. The van der Waals surface area contributed by atoms with Crippen molar-refractivity contribution >= 4 is 17.0 Å². The molecule has 0 unspecified atom stereocenters. The second-order valence-corrected chi connectivity index (χ2v) is 7.74. The van der Waals surface area contributed by atoms with Crippen LogP contribution in [0.4, 0.5) is 0 Å². The third-order valence-electron chi connectivity index (χ3n) is 4.64. The average Bonchev–Trinajstić information content (AvgIpc) is 2.96. The molecular weight excluding hydrogens is 326 g/mol. The van der Waals surface area contributed by atoms with Gasteiger partial charge in [0.15, 0.2) is 0 Å². The zero-order valence-corrected chi connectivity index (χ0v) is 16.0. The molecule has 2 aromatic carbocycles. The molecule has 0 atom stereocenters. The van der Waals surface area contributed by atoms with Gasteiger partial charge in [0, 0.05) is 0 Å². The van der Waals surface area contributed by atoms with Gasteiger partial charge in [-0.3, -0.25) is 4.79 Å². The summed E-state index contributed by atoms with van der Waals surface area (Å²) in [5.74, 6) is -0.320. The number of aromatic nitrogens is 3. The Bertz CT molecular complexity index is 928. The predicted octanol–water partition coefficient (Wildman–Crippen LogP) is 4.09. The number of ether oxygens (including phenoxy) is 1. The summed E-state index contributed by atoms with van der Waals surface area (Å²) >= 11 is 0. The van der Waals surface area contributed by atoms with E-state index in [1.807, 2.05) is 24.3 Å². The lowest BCUT2D eigenvalue weighted by Gasteiger charge is -2.22. The fourth-order valence-corrected chi connectivity index (χ4v) is 3.01. The number of fused-ring (bicyclic) bond motifs is 1. The Kier molecular flexibility index (Phi) is 4.81. The monoisotopic (exact) mass is 351 g/mol. The van der Waals surface area contributed by atoms with Crippen LogP contribution in [0.25, 0.3) is 11.0 Å². The summed E-state index contributed by atoms with van der Waals surface area (Å²) in [6, 6.07) is 11.9. The molecule has 0 N–H and O–H groups in total. The Hall–Kier alpha value is -2.69. The summed E-state index contributed by atoms with van der Waals surface area (Å²) in [7, 11) is 0. The van der Waals surface area contributed by atoms with E-state index >= 15 is 0 Å². The molecule has 136 valence electrons. The normalized spacial score (nSPS) is 11.7. The highest BCUT2D eigenvalue weighted by atomic mass is 16.5. The molecule has 0 fully saturated rings. The Morgan fingerprint density at radius 1 is 1.12 bits per heavy atom. The van der Waals surface area contributed by atoms with Crippen molar-refractivity contribution in [3.8, 4) is 0 Å². The second kappa shape index (κ2) is 6.90. The number of para-hydroxylation sites is 1. The highest BCUT2D eigenvalue weighted by Gasteiger charge is 2.17. The van der Waals surface area contributed by atoms with Gasteiger partial charge in [0.2, 0.25) is 0 Å². The van der Waals surface area contributed by atoms with Gasteiger partial charge in [-0.15, -0.1) is 5.10 Å². The first-order valence-electron chi connectivity index (χ1n) is 8.80. The lowest BCUT2D eigenvalue weighted by molar-refractivity contribution is -0.145. The Labute approximate surface area is 154 Å². The van der Waals surface area contributed by atoms with Crippen molar-refractivity contribution in [3.05, 3.63) is 58.7 Å². The van der Waals surface area contributed by atoms with Gasteiger partial charge in [-0.25, -0.2) is 4.68 Å². The number of hydrogen-bond donors (Lipinski definition) is 0. The Morgan fingerprint density at radius 3 is 2.42 bits per heavy atom. The third-order valence-corrected chi connectivity index (χ3v) is 4.64. The maximum Gasteiger partial charge on any atom is 0.328 e. The fourth-order valence-electron chi connectivity index (χ4n) is 3.01. The molecule has 0 saturated heterocycles. The molecule has 0 aliphatic rings. The number of carbonyl (C=O) groups excluding carboxylic acids is 1. The molecule has 0 saturated carbocycles. The van der Waals surface area contributed by atoms with Crippen LogP contribution in [0.1, 0.15) is 43.0 Å². The lowest BCUT2D eigenvalue weighted by Crippen LogP contribution is -2.16. The van der Waals surface area contributed by atoms with Crippen LogP contribution in [-0.4, -0.2) is 21.0 Å². The van der Waals surface area contributed by atoms with Gasteiger partial charge in [0.05, 0.1) is 5.52 Å². The van der Waals surface area contributed by atoms with Crippen LogP contribution in [0.2, 0.25) is 0 Å². The first kappa shape index (κ1) is 18.1. The minimum absolute atomic E-state index is 0.0542. The molecule has 3 rings (SSSR count).